The van der Waals surface area contributed by atoms with Crippen molar-refractivity contribution in [1.82, 2.24) is 0 Å². The standard InChI is InChI=1S/C17H20Cl4N2/c1-2-3-4-5-6-7-8-9-17(11-23)15(20)12(10-22)13(18)14(19)16(17)21/h15H,2-9H2,1H3. The van der Waals surface area contributed by atoms with Gasteiger partial charge in [-0.15, -0.1) is 11.6 Å². The summed E-state index contributed by atoms with van der Waals surface area (Å²) in [5, 5.41) is 18.3. The normalized spacial score (nSPS) is 24.6. The summed E-state index contributed by atoms with van der Waals surface area (Å²) in [7, 11) is 0. The van der Waals surface area contributed by atoms with E-state index in [-0.39, 0.29) is 20.7 Å². The molecule has 126 valence electrons. The van der Waals surface area contributed by atoms with Crippen molar-refractivity contribution in [3.8, 4) is 12.1 Å². The van der Waals surface area contributed by atoms with E-state index < -0.39 is 10.8 Å². The van der Waals surface area contributed by atoms with E-state index in [1.165, 1.54) is 25.7 Å². The van der Waals surface area contributed by atoms with Crippen LogP contribution in [0.3, 0.4) is 0 Å². The zero-order valence-corrected chi connectivity index (χ0v) is 16.2. The molecule has 0 fully saturated rings. The topological polar surface area (TPSA) is 47.6 Å². The molecular weight excluding hydrogens is 374 g/mol. The van der Waals surface area contributed by atoms with E-state index >= 15 is 0 Å². The third kappa shape index (κ3) is 4.58. The van der Waals surface area contributed by atoms with Crippen LogP contribution in [0, 0.1) is 28.1 Å². The summed E-state index contributed by atoms with van der Waals surface area (Å²) in [6.45, 7) is 2.18. The van der Waals surface area contributed by atoms with Gasteiger partial charge in [0.1, 0.15) is 5.41 Å². The average Bonchev–Trinajstić information content (AvgIpc) is 2.56. The minimum atomic E-state index is -1.17. The van der Waals surface area contributed by atoms with Crippen molar-refractivity contribution in [3.63, 3.8) is 0 Å². The molecule has 2 atom stereocenters. The maximum atomic E-state index is 9.69. The number of nitrogens with zero attached hydrogens (tertiary/aromatic N) is 2. The van der Waals surface area contributed by atoms with E-state index in [4.69, 9.17) is 46.4 Å². The molecule has 0 aromatic rings. The van der Waals surface area contributed by atoms with Gasteiger partial charge in [-0.2, -0.15) is 10.5 Å². The van der Waals surface area contributed by atoms with Crippen LogP contribution in [0.4, 0.5) is 0 Å². The summed E-state index contributed by atoms with van der Waals surface area (Å²) >= 11 is 24.8. The Balaban J connectivity index is 2.78. The molecular formula is C17H20Cl4N2. The van der Waals surface area contributed by atoms with E-state index in [2.05, 4.69) is 13.0 Å². The van der Waals surface area contributed by atoms with E-state index in [1.807, 2.05) is 6.07 Å². The molecule has 2 nitrogen and oxygen atoms in total. The second-order valence-corrected chi connectivity index (χ2v) is 7.35. The second-order valence-electron chi connectivity index (χ2n) is 5.78. The third-order valence-corrected chi connectivity index (χ3v) is 6.28. The van der Waals surface area contributed by atoms with Gasteiger partial charge in [0.25, 0.3) is 0 Å². The van der Waals surface area contributed by atoms with E-state index in [0.717, 1.165) is 19.3 Å². The molecule has 2 unspecified atom stereocenters. The van der Waals surface area contributed by atoms with Crippen LogP contribution in [-0.4, -0.2) is 5.38 Å². The number of unbranched alkanes of at least 4 members (excludes halogenated alkanes) is 6. The molecule has 0 heterocycles. The molecule has 0 aromatic heterocycles. The molecule has 0 spiro atoms. The number of rotatable bonds is 8. The summed E-state index contributed by atoms with van der Waals surface area (Å²) in [4.78, 5) is 0. The number of hydrogen-bond donors (Lipinski definition) is 0. The number of halogens is 4. The molecule has 1 aliphatic rings. The first kappa shape index (κ1) is 20.7. The predicted molar refractivity (Wildman–Crippen MR) is 97.5 cm³/mol. The first-order valence-corrected chi connectivity index (χ1v) is 9.44. The van der Waals surface area contributed by atoms with Gasteiger partial charge >= 0.3 is 0 Å². The Morgan fingerprint density at radius 3 is 2.04 bits per heavy atom. The van der Waals surface area contributed by atoms with E-state index in [1.54, 1.807) is 0 Å². The van der Waals surface area contributed by atoms with Gasteiger partial charge in [-0.25, -0.2) is 0 Å². The van der Waals surface area contributed by atoms with E-state index in [0.29, 0.717) is 6.42 Å². The predicted octanol–water partition coefficient (Wildman–Crippen LogP) is 6.96. The van der Waals surface area contributed by atoms with Crippen molar-refractivity contribution in [1.29, 1.82) is 10.5 Å². The highest BCUT2D eigenvalue weighted by atomic mass is 35.5. The van der Waals surface area contributed by atoms with Crippen LogP contribution in [0.5, 0.6) is 0 Å². The molecule has 0 N–H and O–H groups in total. The van der Waals surface area contributed by atoms with Crippen LogP contribution >= 0.6 is 46.4 Å². The smallest absolute Gasteiger partial charge is 0.115 e. The Morgan fingerprint density at radius 2 is 1.52 bits per heavy atom. The largest absolute Gasteiger partial charge is 0.197 e. The van der Waals surface area contributed by atoms with Gasteiger partial charge in [0.15, 0.2) is 0 Å². The Morgan fingerprint density at radius 1 is 0.957 bits per heavy atom. The zero-order chi connectivity index (χ0) is 17.5. The maximum absolute atomic E-state index is 9.69. The quantitative estimate of drug-likeness (QED) is 0.330. The van der Waals surface area contributed by atoms with Gasteiger partial charge in [-0.05, 0) is 6.42 Å². The Hall–Kier alpha value is -0.380. The van der Waals surface area contributed by atoms with Gasteiger partial charge < -0.3 is 0 Å². The summed E-state index contributed by atoms with van der Waals surface area (Å²) in [5.41, 5.74) is -1.06. The lowest BCUT2D eigenvalue weighted by molar-refractivity contribution is 0.421. The SMILES string of the molecule is CCCCCCCCCC1(C#N)C(Cl)=C(Cl)C(Cl)=C(C#N)C1Cl. The average molecular weight is 394 g/mol. The van der Waals surface area contributed by atoms with Crippen molar-refractivity contribution >= 4 is 46.4 Å². The third-order valence-electron chi connectivity index (χ3n) is 4.19. The number of allylic oxidation sites excluding steroid dienone is 4. The summed E-state index contributed by atoms with van der Waals surface area (Å²) in [5.74, 6) is 0. The molecule has 23 heavy (non-hydrogen) atoms. The van der Waals surface area contributed by atoms with Gasteiger partial charge in [-0.3, -0.25) is 0 Å². The van der Waals surface area contributed by atoms with Gasteiger partial charge in [0.2, 0.25) is 0 Å². The van der Waals surface area contributed by atoms with Crippen molar-refractivity contribution in [2.75, 3.05) is 0 Å². The summed E-state index contributed by atoms with van der Waals surface area (Å²) in [6.07, 6.45) is 8.29. The lowest BCUT2D eigenvalue weighted by atomic mass is 9.75. The van der Waals surface area contributed by atoms with Crippen molar-refractivity contribution < 1.29 is 0 Å². The highest BCUT2D eigenvalue weighted by Gasteiger charge is 2.48. The van der Waals surface area contributed by atoms with Crippen molar-refractivity contribution in [2.45, 2.75) is 63.7 Å². The Bertz CT molecular complexity index is 568. The first-order chi connectivity index (χ1) is 11.0. The Labute approximate surface area is 158 Å². The molecule has 6 heteroatoms. The lowest BCUT2D eigenvalue weighted by Gasteiger charge is -2.35. The van der Waals surface area contributed by atoms with Crippen LogP contribution in [0.2, 0.25) is 0 Å². The van der Waals surface area contributed by atoms with Crippen LogP contribution in [0.15, 0.2) is 20.7 Å². The van der Waals surface area contributed by atoms with Crippen LogP contribution < -0.4 is 0 Å². The minimum absolute atomic E-state index is 0.0459. The van der Waals surface area contributed by atoms with Gasteiger partial charge in [0, 0.05) is 0 Å². The van der Waals surface area contributed by atoms with Crippen LogP contribution in [-0.2, 0) is 0 Å². The highest BCUT2D eigenvalue weighted by Crippen LogP contribution is 2.52. The molecule has 1 aliphatic carbocycles. The minimum Gasteiger partial charge on any atom is -0.197 e. The summed E-state index contributed by atoms with van der Waals surface area (Å²) in [6, 6.07) is 4.15. The van der Waals surface area contributed by atoms with Crippen molar-refractivity contribution in [3.05, 3.63) is 20.7 Å². The maximum Gasteiger partial charge on any atom is 0.115 e. The van der Waals surface area contributed by atoms with Crippen LogP contribution in [0.1, 0.15) is 58.3 Å². The molecule has 0 amide bonds. The lowest BCUT2D eigenvalue weighted by Crippen LogP contribution is -2.35. The summed E-state index contributed by atoms with van der Waals surface area (Å²) < 4.78 is 0. The van der Waals surface area contributed by atoms with E-state index in [9.17, 15) is 10.5 Å². The molecule has 0 aliphatic heterocycles. The van der Waals surface area contributed by atoms with Crippen LogP contribution in [0.25, 0.3) is 0 Å². The molecule has 0 aromatic carbocycles. The monoisotopic (exact) mass is 392 g/mol. The van der Waals surface area contributed by atoms with Gasteiger partial charge in [-0.1, -0.05) is 86.7 Å². The molecule has 0 saturated heterocycles. The second kappa shape index (κ2) is 9.80. The highest BCUT2D eigenvalue weighted by molar-refractivity contribution is 6.50. The molecule has 0 bridgehead atoms. The van der Waals surface area contributed by atoms with Gasteiger partial charge in [0.05, 0.1) is 38.2 Å². The molecule has 0 saturated carbocycles. The Kier molecular flexibility index (Phi) is 8.81. The van der Waals surface area contributed by atoms with Crippen molar-refractivity contribution in [2.24, 2.45) is 5.41 Å². The molecule has 1 rings (SSSR count). The fraction of sp³-hybridized carbons (Fsp3) is 0.647. The number of alkyl halides is 1. The molecule has 0 radical (unpaired) electrons. The number of nitriles is 2. The number of hydrogen-bond acceptors (Lipinski definition) is 2. The fourth-order valence-corrected chi connectivity index (χ4v) is 4.19. The fourth-order valence-electron chi connectivity index (χ4n) is 2.74. The first-order valence-electron chi connectivity index (χ1n) is 7.87. The zero-order valence-electron chi connectivity index (χ0n) is 13.1.